The number of nitrogens with zero attached hydrogens (tertiary/aromatic N) is 2. The average Bonchev–Trinajstić information content (AvgIpc) is 2.84. The number of piperidine rings is 1. The van der Waals surface area contributed by atoms with Crippen molar-refractivity contribution in [2.75, 3.05) is 26.2 Å². The van der Waals surface area contributed by atoms with Gasteiger partial charge in [0.05, 0.1) is 11.7 Å². The van der Waals surface area contributed by atoms with Crippen LogP contribution in [0.4, 0.5) is 0 Å². The summed E-state index contributed by atoms with van der Waals surface area (Å²) in [6, 6.07) is 20.4. The van der Waals surface area contributed by atoms with Crippen LogP contribution >= 0.6 is 23.2 Å². The van der Waals surface area contributed by atoms with Gasteiger partial charge in [-0.3, -0.25) is 14.7 Å². The maximum absolute atomic E-state index is 13.1. The number of carbonyl (C=O) groups is 1. The third-order valence-corrected chi connectivity index (χ3v) is 6.39. The Kier molecular flexibility index (Phi) is 8.21. The van der Waals surface area contributed by atoms with Crippen LogP contribution in [0.15, 0.2) is 72.9 Å². The fourth-order valence-electron chi connectivity index (χ4n) is 4.06. The molecule has 2 heterocycles. The maximum Gasteiger partial charge on any atom is 0.224 e. The molecule has 1 aromatic heterocycles. The molecule has 5 nitrogen and oxygen atoms in total. The van der Waals surface area contributed by atoms with E-state index in [9.17, 15) is 4.79 Å². The molecule has 1 saturated heterocycles. The number of ether oxygens (including phenoxy) is 1. The van der Waals surface area contributed by atoms with Gasteiger partial charge in [-0.25, -0.2) is 0 Å². The van der Waals surface area contributed by atoms with Gasteiger partial charge in [-0.05, 0) is 74.0 Å². The fourth-order valence-corrected chi connectivity index (χ4v) is 4.36. The van der Waals surface area contributed by atoms with Gasteiger partial charge in [0, 0.05) is 28.7 Å². The van der Waals surface area contributed by atoms with Crippen LogP contribution in [0.2, 0.25) is 10.0 Å². The molecule has 1 fully saturated rings. The molecular formula is C26H27Cl2N3O2. The molecule has 0 aliphatic carbocycles. The van der Waals surface area contributed by atoms with Crippen LogP contribution in [0.1, 0.15) is 30.1 Å². The van der Waals surface area contributed by atoms with Crippen LogP contribution in [0.5, 0.6) is 5.75 Å². The summed E-state index contributed by atoms with van der Waals surface area (Å²) in [5.41, 5.74) is 1.77. The van der Waals surface area contributed by atoms with Crippen molar-refractivity contribution in [3.8, 4) is 5.75 Å². The Balaban J connectivity index is 1.30. The Labute approximate surface area is 204 Å². The molecule has 0 unspecified atom stereocenters. The van der Waals surface area contributed by atoms with E-state index in [0.29, 0.717) is 16.7 Å². The summed E-state index contributed by atoms with van der Waals surface area (Å²) >= 11 is 12.1. The SMILES string of the molecule is O=C(N[C@@H](c1ccc(Cl)cc1)c1ccccn1)C1CCN(CCOc2cccc(Cl)c2)CC1. The molecule has 0 saturated carbocycles. The minimum Gasteiger partial charge on any atom is -0.492 e. The minimum absolute atomic E-state index is 0.0198. The number of amides is 1. The summed E-state index contributed by atoms with van der Waals surface area (Å²) in [7, 11) is 0. The van der Waals surface area contributed by atoms with E-state index in [4.69, 9.17) is 27.9 Å². The standard InChI is InChI=1S/C26H27Cl2N3O2/c27-21-9-7-19(8-10-21)25(24-6-1-2-13-29-24)30-26(32)20-11-14-31(15-12-20)16-17-33-23-5-3-4-22(28)18-23/h1-10,13,18,20,25H,11-12,14-17H2,(H,30,32)/t25-/m0/s1. The van der Waals surface area contributed by atoms with Crippen LogP contribution in [-0.4, -0.2) is 42.0 Å². The highest BCUT2D eigenvalue weighted by Crippen LogP contribution is 2.25. The van der Waals surface area contributed by atoms with Crippen LogP contribution in [0.25, 0.3) is 0 Å². The molecule has 7 heteroatoms. The number of aromatic nitrogens is 1. The first-order chi connectivity index (χ1) is 16.1. The summed E-state index contributed by atoms with van der Waals surface area (Å²) < 4.78 is 5.80. The van der Waals surface area contributed by atoms with Gasteiger partial charge in [0.25, 0.3) is 0 Å². The molecule has 1 amide bonds. The van der Waals surface area contributed by atoms with Gasteiger partial charge >= 0.3 is 0 Å². The van der Waals surface area contributed by atoms with Crippen molar-refractivity contribution in [3.05, 3.63) is 94.2 Å². The van der Waals surface area contributed by atoms with Gasteiger partial charge < -0.3 is 10.1 Å². The minimum atomic E-state index is -0.305. The molecule has 1 aliphatic heterocycles. The van der Waals surface area contributed by atoms with Crippen molar-refractivity contribution < 1.29 is 9.53 Å². The molecule has 2 aromatic carbocycles. The van der Waals surface area contributed by atoms with E-state index < -0.39 is 0 Å². The normalized spacial score (nSPS) is 15.7. The molecule has 4 rings (SSSR count). The highest BCUT2D eigenvalue weighted by molar-refractivity contribution is 6.30. The van der Waals surface area contributed by atoms with Crippen LogP contribution in [-0.2, 0) is 4.79 Å². The first kappa shape index (κ1) is 23.6. The van der Waals surface area contributed by atoms with Gasteiger partial charge in [0.15, 0.2) is 0 Å². The van der Waals surface area contributed by atoms with Crippen molar-refractivity contribution in [2.45, 2.75) is 18.9 Å². The lowest BCUT2D eigenvalue weighted by atomic mass is 9.94. The second-order valence-electron chi connectivity index (χ2n) is 8.17. The Hall–Kier alpha value is -2.60. The first-order valence-corrected chi connectivity index (χ1v) is 11.9. The largest absolute Gasteiger partial charge is 0.492 e. The van der Waals surface area contributed by atoms with E-state index >= 15 is 0 Å². The molecule has 1 N–H and O–H groups in total. The van der Waals surface area contributed by atoms with Crippen molar-refractivity contribution >= 4 is 29.1 Å². The summed E-state index contributed by atoms with van der Waals surface area (Å²) in [6.45, 7) is 3.15. The topological polar surface area (TPSA) is 54.5 Å². The van der Waals surface area contributed by atoms with Crippen LogP contribution in [0.3, 0.4) is 0 Å². The fraction of sp³-hybridized carbons (Fsp3) is 0.308. The average molecular weight is 484 g/mol. The third-order valence-electron chi connectivity index (χ3n) is 5.90. The zero-order valence-corrected chi connectivity index (χ0v) is 19.8. The van der Waals surface area contributed by atoms with Gasteiger partial charge in [0.2, 0.25) is 5.91 Å². The summed E-state index contributed by atoms with van der Waals surface area (Å²) in [4.78, 5) is 20.0. The highest BCUT2D eigenvalue weighted by Gasteiger charge is 2.27. The molecule has 0 spiro atoms. The van der Waals surface area contributed by atoms with Crippen molar-refractivity contribution in [2.24, 2.45) is 5.92 Å². The molecule has 1 atom stereocenters. The molecule has 1 aliphatic rings. The van der Waals surface area contributed by atoms with E-state index in [1.165, 1.54) is 0 Å². The van der Waals surface area contributed by atoms with Crippen molar-refractivity contribution in [1.29, 1.82) is 0 Å². The molecule has 0 radical (unpaired) electrons. The number of rotatable bonds is 8. The molecule has 172 valence electrons. The van der Waals surface area contributed by atoms with E-state index in [1.807, 2.05) is 66.7 Å². The number of benzene rings is 2. The van der Waals surface area contributed by atoms with Crippen molar-refractivity contribution in [1.82, 2.24) is 15.2 Å². The predicted octanol–water partition coefficient (Wildman–Crippen LogP) is 5.39. The Morgan fingerprint density at radius 2 is 1.82 bits per heavy atom. The highest BCUT2D eigenvalue weighted by atomic mass is 35.5. The van der Waals surface area contributed by atoms with Gasteiger partial charge in [0.1, 0.15) is 12.4 Å². The third kappa shape index (κ3) is 6.70. The quantitative estimate of drug-likeness (QED) is 0.466. The second-order valence-corrected chi connectivity index (χ2v) is 9.04. The molecule has 33 heavy (non-hydrogen) atoms. The summed E-state index contributed by atoms with van der Waals surface area (Å²) in [5, 5.41) is 4.56. The maximum atomic E-state index is 13.1. The smallest absolute Gasteiger partial charge is 0.224 e. The number of carbonyl (C=O) groups excluding carboxylic acids is 1. The predicted molar refractivity (Wildman–Crippen MR) is 132 cm³/mol. The number of halogens is 2. The number of nitrogens with one attached hydrogen (secondary N) is 1. The zero-order chi connectivity index (χ0) is 23.0. The Morgan fingerprint density at radius 1 is 1.03 bits per heavy atom. The molecule has 3 aromatic rings. The van der Waals surface area contributed by atoms with E-state index in [1.54, 1.807) is 6.20 Å². The van der Waals surface area contributed by atoms with Crippen LogP contribution < -0.4 is 10.1 Å². The van der Waals surface area contributed by atoms with E-state index in [-0.39, 0.29) is 17.9 Å². The van der Waals surface area contributed by atoms with E-state index in [2.05, 4.69) is 15.2 Å². The summed E-state index contributed by atoms with van der Waals surface area (Å²) in [5.74, 6) is 0.823. The number of hydrogen-bond donors (Lipinski definition) is 1. The lowest BCUT2D eigenvalue weighted by molar-refractivity contribution is -0.127. The zero-order valence-electron chi connectivity index (χ0n) is 18.3. The molecule has 0 bridgehead atoms. The first-order valence-electron chi connectivity index (χ1n) is 11.2. The number of pyridine rings is 1. The summed E-state index contributed by atoms with van der Waals surface area (Å²) in [6.07, 6.45) is 3.38. The lowest BCUT2D eigenvalue weighted by Gasteiger charge is -2.32. The van der Waals surface area contributed by atoms with Gasteiger partial charge in [-0.15, -0.1) is 0 Å². The van der Waals surface area contributed by atoms with Crippen molar-refractivity contribution in [3.63, 3.8) is 0 Å². The number of likely N-dealkylation sites (tertiary alicyclic amines) is 1. The second kappa shape index (κ2) is 11.5. The number of hydrogen-bond acceptors (Lipinski definition) is 4. The Morgan fingerprint density at radius 3 is 2.52 bits per heavy atom. The monoisotopic (exact) mass is 483 g/mol. The van der Waals surface area contributed by atoms with Crippen LogP contribution in [0, 0.1) is 5.92 Å². The molecular weight excluding hydrogens is 457 g/mol. The Bertz CT molecular complexity index is 1040. The van der Waals surface area contributed by atoms with Gasteiger partial charge in [-0.2, -0.15) is 0 Å². The van der Waals surface area contributed by atoms with Gasteiger partial charge in [-0.1, -0.05) is 47.5 Å². The van der Waals surface area contributed by atoms with E-state index in [0.717, 1.165) is 49.5 Å². The lowest BCUT2D eigenvalue weighted by Crippen LogP contribution is -2.42.